The molecule has 0 bridgehead atoms. The molecule has 1 aromatic heterocycles. The number of fused-ring (bicyclic) bond motifs is 1. The van der Waals surface area contributed by atoms with Gasteiger partial charge in [0.15, 0.2) is 0 Å². The number of thiophene rings is 1. The molecular weight excluding hydrogens is 502 g/mol. The monoisotopic (exact) mass is 543 g/mol. The van der Waals surface area contributed by atoms with Gasteiger partial charge < -0.3 is 9.80 Å². The molecule has 6 heteroatoms. The van der Waals surface area contributed by atoms with Gasteiger partial charge in [0.05, 0.1) is 6.04 Å². The number of hydrogen-bond donors (Lipinski definition) is 0. The van der Waals surface area contributed by atoms with Crippen molar-refractivity contribution in [1.82, 2.24) is 14.7 Å². The predicted molar refractivity (Wildman–Crippen MR) is 159 cm³/mol. The van der Waals surface area contributed by atoms with E-state index in [-0.39, 0.29) is 17.9 Å². The van der Waals surface area contributed by atoms with E-state index in [9.17, 15) is 9.59 Å². The van der Waals surface area contributed by atoms with Crippen molar-refractivity contribution < 1.29 is 9.59 Å². The average Bonchev–Trinajstić information content (AvgIpc) is 3.45. The van der Waals surface area contributed by atoms with Crippen LogP contribution in [0.15, 0.2) is 60.0 Å². The van der Waals surface area contributed by atoms with Gasteiger partial charge in [-0.3, -0.25) is 14.5 Å². The molecule has 0 N–H and O–H groups in total. The van der Waals surface area contributed by atoms with Gasteiger partial charge in [-0.1, -0.05) is 56.2 Å². The van der Waals surface area contributed by atoms with Gasteiger partial charge in [0.1, 0.15) is 0 Å². The summed E-state index contributed by atoms with van der Waals surface area (Å²) in [4.78, 5) is 34.1. The topological polar surface area (TPSA) is 43.9 Å². The number of aryl methyl sites for hydroxylation is 2. The van der Waals surface area contributed by atoms with E-state index >= 15 is 0 Å². The van der Waals surface area contributed by atoms with E-state index in [1.165, 1.54) is 46.4 Å². The van der Waals surface area contributed by atoms with E-state index in [0.29, 0.717) is 32.6 Å². The fourth-order valence-corrected chi connectivity index (χ4v) is 6.90. The summed E-state index contributed by atoms with van der Waals surface area (Å²) < 4.78 is 0. The van der Waals surface area contributed by atoms with Crippen LogP contribution in [0.1, 0.15) is 76.1 Å². The number of unbranched alkanes of at least 4 members (excludes halogenated alkanes) is 2. The van der Waals surface area contributed by atoms with Crippen molar-refractivity contribution in [3.8, 4) is 0 Å². The molecule has 3 aromatic rings. The van der Waals surface area contributed by atoms with Gasteiger partial charge >= 0.3 is 0 Å². The van der Waals surface area contributed by atoms with E-state index in [4.69, 9.17) is 0 Å². The maximum Gasteiger partial charge on any atom is 0.253 e. The zero-order valence-electron chi connectivity index (χ0n) is 23.4. The van der Waals surface area contributed by atoms with Crippen LogP contribution in [0.25, 0.3) is 0 Å². The highest BCUT2D eigenvalue weighted by Gasteiger charge is 2.31. The first-order valence-electron chi connectivity index (χ1n) is 14.6. The molecule has 5 nitrogen and oxygen atoms in total. The third kappa shape index (κ3) is 6.44. The minimum Gasteiger partial charge on any atom is -0.339 e. The van der Waals surface area contributed by atoms with E-state index < -0.39 is 0 Å². The summed E-state index contributed by atoms with van der Waals surface area (Å²) in [7, 11) is 0. The lowest BCUT2D eigenvalue weighted by atomic mass is 9.90. The number of piperazine rings is 1. The zero-order chi connectivity index (χ0) is 27.2. The number of nitrogens with zero attached hydrogens (tertiary/aromatic N) is 3. The minimum absolute atomic E-state index is 0.0724. The molecule has 2 amide bonds. The standard InChI is InChI=1S/C33H41N3O2S/c1-3-4-5-9-26-11-13-27(14-12-26)33(38)36-22-20-34(21-23-36)31(37)16-19-35-18-15-30-29(17-24-39-30)32(35)28-10-7-6-8-25(28)2/h6-8,10-14,17,24,32H,3-5,9,15-16,18-23H2,1-2H3. The quantitative estimate of drug-likeness (QED) is 0.306. The molecule has 1 atom stereocenters. The highest BCUT2D eigenvalue weighted by molar-refractivity contribution is 7.10. The Morgan fingerprint density at radius 1 is 0.872 bits per heavy atom. The van der Waals surface area contributed by atoms with Crippen molar-refractivity contribution in [3.05, 3.63) is 92.7 Å². The van der Waals surface area contributed by atoms with Crippen molar-refractivity contribution in [2.45, 2.75) is 58.4 Å². The Morgan fingerprint density at radius 3 is 2.36 bits per heavy atom. The Kier molecular flexibility index (Phi) is 9.15. The van der Waals surface area contributed by atoms with Crippen molar-refractivity contribution in [3.63, 3.8) is 0 Å². The number of carbonyl (C=O) groups is 2. The molecule has 39 heavy (non-hydrogen) atoms. The smallest absolute Gasteiger partial charge is 0.253 e. The summed E-state index contributed by atoms with van der Waals surface area (Å²) >= 11 is 1.85. The molecule has 2 aromatic carbocycles. The van der Waals surface area contributed by atoms with Crippen LogP contribution in [-0.2, 0) is 17.6 Å². The second-order valence-corrected chi connectivity index (χ2v) is 11.9. The summed E-state index contributed by atoms with van der Waals surface area (Å²) in [6, 6.07) is 19.2. The Hall–Kier alpha value is -2.96. The highest BCUT2D eigenvalue weighted by atomic mass is 32.1. The third-order valence-electron chi connectivity index (χ3n) is 8.35. The number of hydrogen-bond acceptors (Lipinski definition) is 4. The summed E-state index contributed by atoms with van der Waals surface area (Å²) in [5, 5.41) is 2.20. The Balaban J connectivity index is 1.14. The molecule has 2 aliphatic rings. The number of amides is 2. The first-order chi connectivity index (χ1) is 19.0. The molecule has 0 spiro atoms. The third-order valence-corrected chi connectivity index (χ3v) is 9.35. The average molecular weight is 544 g/mol. The molecule has 3 heterocycles. The molecular formula is C33H41N3O2S. The van der Waals surface area contributed by atoms with Gasteiger partial charge in [-0.2, -0.15) is 0 Å². The van der Waals surface area contributed by atoms with Crippen LogP contribution >= 0.6 is 11.3 Å². The molecule has 2 aliphatic heterocycles. The van der Waals surface area contributed by atoms with Crippen molar-refractivity contribution in [2.24, 2.45) is 0 Å². The highest BCUT2D eigenvalue weighted by Crippen LogP contribution is 2.38. The number of carbonyl (C=O) groups excluding carboxylic acids is 2. The van der Waals surface area contributed by atoms with Crippen molar-refractivity contribution in [2.75, 3.05) is 39.3 Å². The fourth-order valence-electron chi connectivity index (χ4n) is 6.00. The van der Waals surface area contributed by atoms with Crippen LogP contribution < -0.4 is 0 Å². The van der Waals surface area contributed by atoms with Crippen LogP contribution in [0.4, 0.5) is 0 Å². The first-order valence-corrected chi connectivity index (χ1v) is 15.4. The van der Waals surface area contributed by atoms with E-state index in [1.54, 1.807) is 0 Å². The summed E-state index contributed by atoms with van der Waals surface area (Å²) in [5.41, 5.74) is 6.07. The fraction of sp³-hybridized carbons (Fsp3) is 0.455. The van der Waals surface area contributed by atoms with Crippen LogP contribution in [0, 0.1) is 6.92 Å². The van der Waals surface area contributed by atoms with E-state index in [2.05, 4.69) is 66.6 Å². The number of benzene rings is 2. The van der Waals surface area contributed by atoms with Gasteiger partial charge in [0.2, 0.25) is 5.91 Å². The van der Waals surface area contributed by atoms with Gasteiger partial charge in [-0.25, -0.2) is 0 Å². The summed E-state index contributed by atoms with van der Waals surface area (Å²) in [5.74, 6) is 0.265. The van der Waals surface area contributed by atoms with Gasteiger partial charge in [0.25, 0.3) is 5.91 Å². The SMILES string of the molecule is CCCCCc1ccc(C(=O)N2CCN(C(=O)CCN3CCc4sccc4C3c3ccccc3C)CC2)cc1. The molecule has 0 aliphatic carbocycles. The zero-order valence-corrected chi connectivity index (χ0v) is 24.2. The molecule has 1 saturated heterocycles. The molecule has 5 rings (SSSR count). The van der Waals surface area contributed by atoms with E-state index in [0.717, 1.165) is 31.5 Å². The van der Waals surface area contributed by atoms with Crippen molar-refractivity contribution >= 4 is 23.2 Å². The first kappa shape index (κ1) is 27.6. The molecule has 0 radical (unpaired) electrons. The molecule has 0 saturated carbocycles. The second-order valence-electron chi connectivity index (χ2n) is 10.9. The second kappa shape index (κ2) is 12.9. The largest absolute Gasteiger partial charge is 0.339 e. The lowest BCUT2D eigenvalue weighted by molar-refractivity contribution is -0.133. The van der Waals surface area contributed by atoms with Crippen LogP contribution in [0.3, 0.4) is 0 Å². The normalized spacial score (nSPS) is 17.7. The maximum absolute atomic E-state index is 13.2. The maximum atomic E-state index is 13.2. The van der Waals surface area contributed by atoms with Crippen molar-refractivity contribution in [1.29, 1.82) is 0 Å². The Morgan fingerprint density at radius 2 is 1.62 bits per heavy atom. The lowest BCUT2D eigenvalue weighted by Gasteiger charge is -2.38. The predicted octanol–water partition coefficient (Wildman–Crippen LogP) is 6.11. The summed E-state index contributed by atoms with van der Waals surface area (Å²) in [6.45, 7) is 8.52. The lowest BCUT2D eigenvalue weighted by Crippen LogP contribution is -2.51. The van der Waals surface area contributed by atoms with Gasteiger partial charge in [0, 0.05) is 56.1 Å². The van der Waals surface area contributed by atoms with Crippen LogP contribution in [-0.4, -0.2) is 65.8 Å². The van der Waals surface area contributed by atoms with Crippen LogP contribution in [0.5, 0.6) is 0 Å². The summed E-state index contributed by atoms with van der Waals surface area (Å²) in [6.07, 6.45) is 6.27. The minimum atomic E-state index is 0.0724. The molecule has 1 unspecified atom stereocenters. The Labute approximate surface area is 237 Å². The number of rotatable bonds is 9. The molecule has 1 fully saturated rings. The molecule has 206 valence electrons. The van der Waals surface area contributed by atoms with E-state index in [1.807, 2.05) is 33.3 Å². The Bertz CT molecular complexity index is 1260. The van der Waals surface area contributed by atoms with Crippen LogP contribution in [0.2, 0.25) is 0 Å². The van der Waals surface area contributed by atoms with Gasteiger partial charge in [-0.15, -0.1) is 11.3 Å². The van der Waals surface area contributed by atoms with Gasteiger partial charge in [-0.05, 0) is 72.0 Å².